The van der Waals surface area contributed by atoms with E-state index in [4.69, 9.17) is 26.5 Å². The number of hydrogen-bond donors (Lipinski definition) is 2. The molecular weight excluding hydrogens is 186 g/mol. The van der Waals surface area contributed by atoms with Gasteiger partial charge in [0.2, 0.25) is 0 Å². The fourth-order valence-electron chi connectivity index (χ4n) is 0.652. The van der Waals surface area contributed by atoms with Gasteiger partial charge in [-0.05, 0) is 18.3 Å². The summed E-state index contributed by atoms with van der Waals surface area (Å²) in [4.78, 5) is 12.2. The summed E-state index contributed by atoms with van der Waals surface area (Å²) in [5, 5.41) is 16.7. The average Bonchev–Trinajstić information content (AvgIpc) is 2.03. The quantitative estimate of drug-likeness (QED) is 0.401. The molecule has 0 aliphatic heterocycles. The van der Waals surface area contributed by atoms with E-state index in [2.05, 4.69) is 4.99 Å². The van der Waals surface area contributed by atoms with E-state index in [1.165, 1.54) is 0 Å². The second-order valence-corrected chi connectivity index (χ2v) is 2.12. The molecule has 14 heavy (non-hydrogen) atoms. The van der Waals surface area contributed by atoms with Crippen LogP contribution >= 0.6 is 0 Å². The number of nitrogens with zero attached hydrogens (tertiary/aromatic N) is 1. The molecule has 0 aliphatic carbocycles. The molecule has 0 saturated heterocycles. The van der Waals surface area contributed by atoms with E-state index in [-0.39, 0.29) is 5.96 Å². The van der Waals surface area contributed by atoms with Crippen molar-refractivity contribution in [3.63, 3.8) is 0 Å². The number of nitrogens with two attached hydrogens (primary N) is 2. The highest BCUT2D eigenvalue weighted by Crippen LogP contribution is 2.07. The van der Waals surface area contributed by atoms with Gasteiger partial charge in [0, 0.05) is 0 Å². The van der Waals surface area contributed by atoms with Crippen LogP contribution in [0.1, 0.15) is 0 Å². The summed E-state index contributed by atoms with van der Waals surface area (Å²) in [5.74, 6) is 0.0891. The number of guanidine groups is 1. The number of aliphatic imine (C=N–C) groups is 1. The second-order valence-electron chi connectivity index (χ2n) is 2.12. The van der Waals surface area contributed by atoms with Crippen LogP contribution in [0.5, 0.6) is 0 Å². The van der Waals surface area contributed by atoms with Crippen LogP contribution in [0.2, 0.25) is 0 Å². The van der Waals surface area contributed by atoms with Gasteiger partial charge >= 0.3 is 0 Å². The topological polar surface area (TPSA) is 128 Å². The maximum Gasteiger partial charge on any atom is 0.191 e. The van der Waals surface area contributed by atoms with Crippen LogP contribution < -0.4 is 21.7 Å². The molecule has 0 spiro atoms. The van der Waals surface area contributed by atoms with E-state index >= 15 is 0 Å². The fourth-order valence-corrected chi connectivity index (χ4v) is 0.652. The largest absolute Gasteiger partial charge is 0.652 e. The van der Waals surface area contributed by atoms with Gasteiger partial charge in [0.25, 0.3) is 0 Å². The maximum absolute atomic E-state index is 8.33. The maximum atomic E-state index is 8.33. The first-order valence-corrected chi connectivity index (χ1v) is 3.55. The molecule has 0 fully saturated rings. The number of rotatable bonds is 1. The highest BCUT2D eigenvalue weighted by Gasteiger charge is 1.83. The Hall–Kier alpha value is -2.24. The Morgan fingerprint density at radius 2 is 1.57 bits per heavy atom. The van der Waals surface area contributed by atoms with Gasteiger partial charge in [-0.15, -0.1) is 0 Å². The van der Waals surface area contributed by atoms with Crippen LogP contribution in [0.4, 0.5) is 10.5 Å². The van der Waals surface area contributed by atoms with Gasteiger partial charge in [-0.3, -0.25) is 0 Å². The minimum atomic E-state index is -2.33. The van der Waals surface area contributed by atoms with Gasteiger partial charge in [0.05, 0.1) is 5.69 Å². The predicted octanol–water partition coefficient (Wildman–Crippen LogP) is -1.86. The standard InChI is InChI=1S/C7H9N3.CH2O3/c8-7(9)10-6-4-2-1-3-5-6;2-1(3)4/h1-5H,(H4,8,9,10);(H2,2,3,4)/p-2. The van der Waals surface area contributed by atoms with E-state index in [0.717, 1.165) is 5.69 Å². The summed E-state index contributed by atoms with van der Waals surface area (Å²) in [7, 11) is 0. The highest BCUT2D eigenvalue weighted by molar-refractivity contribution is 5.78. The van der Waals surface area contributed by atoms with Crippen molar-refractivity contribution in [2.24, 2.45) is 16.5 Å². The first-order valence-electron chi connectivity index (χ1n) is 3.55. The van der Waals surface area contributed by atoms with Crippen LogP contribution in [0.15, 0.2) is 35.3 Å². The fraction of sp³-hybridized carbons (Fsp3) is 0. The summed E-state index contributed by atoms with van der Waals surface area (Å²) >= 11 is 0. The summed E-state index contributed by atoms with van der Waals surface area (Å²) in [6.07, 6.45) is -2.33. The average molecular weight is 195 g/mol. The van der Waals surface area contributed by atoms with Crippen molar-refractivity contribution in [1.82, 2.24) is 0 Å². The van der Waals surface area contributed by atoms with Crippen molar-refractivity contribution < 1.29 is 15.0 Å². The van der Waals surface area contributed by atoms with Crippen LogP contribution in [0, 0.1) is 0 Å². The number of benzene rings is 1. The lowest BCUT2D eigenvalue weighted by Crippen LogP contribution is -2.37. The molecule has 6 nitrogen and oxygen atoms in total. The van der Waals surface area contributed by atoms with E-state index in [0.29, 0.717) is 0 Å². The SMILES string of the molecule is NC(N)=Nc1ccccc1.O=C([O-])[O-]. The van der Waals surface area contributed by atoms with Crippen LogP contribution in [-0.4, -0.2) is 12.1 Å². The Morgan fingerprint density at radius 3 is 1.93 bits per heavy atom. The Labute approximate surface area is 80.5 Å². The first-order chi connectivity index (χ1) is 6.52. The molecule has 0 amide bonds. The third-order valence-electron chi connectivity index (χ3n) is 1.01. The lowest BCUT2D eigenvalue weighted by Gasteiger charge is -1.96. The number of hydrogen-bond acceptors (Lipinski definition) is 4. The molecular formula is C8H9N3O3-2. The number of para-hydroxylation sites is 1. The van der Waals surface area contributed by atoms with E-state index in [1.54, 1.807) is 0 Å². The molecule has 76 valence electrons. The third kappa shape index (κ3) is 7.86. The van der Waals surface area contributed by atoms with Crippen LogP contribution in [0.3, 0.4) is 0 Å². The molecule has 1 aromatic carbocycles. The van der Waals surface area contributed by atoms with Gasteiger partial charge in [-0.2, -0.15) is 0 Å². The molecule has 0 unspecified atom stereocenters. The van der Waals surface area contributed by atoms with Crippen LogP contribution in [-0.2, 0) is 0 Å². The zero-order valence-corrected chi connectivity index (χ0v) is 7.21. The van der Waals surface area contributed by atoms with Gasteiger partial charge in [-0.1, -0.05) is 18.2 Å². The summed E-state index contributed by atoms with van der Waals surface area (Å²) in [6, 6.07) is 9.33. The molecule has 0 bridgehead atoms. The lowest BCUT2D eigenvalue weighted by molar-refractivity contribution is -0.415. The molecule has 0 atom stereocenters. The Morgan fingerprint density at radius 1 is 1.14 bits per heavy atom. The van der Waals surface area contributed by atoms with Gasteiger partial charge in [-0.25, -0.2) is 4.99 Å². The normalized spacial score (nSPS) is 8.00. The molecule has 6 heteroatoms. The number of carboxylic acid groups (broad SMARTS) is 2. The van der Waals surface area contributed by atoms with Gasteiger partial charge in [0.15, 0.2) is 5.96 Å². The van der Waals surface area contributed by atoms with Crippen molar-refractivity contribution in [2.75, 3.05) is 0 Å². The zero-order chi connectivity index (χ0) is 11.0. The predicted molar refractivity (Wildman–Crippen MR) is 47.3 cm³/mol. The summed E-state index contributed by atoms with van der Waals surface area (Å²) in [5.41, 5.74) is 11.1. The molecule has 4 N–H and O–H groups in total. The Bertz CT molecular complexity index is 303. The number of carbonyl (C=O) groups is 1. The van der Waals surface area contributed by atoms with Gasteiger partial charge in [0.1, 0.15) is 0 Å². The monoisotopic (exact) mass is 195 g/mol. The Balaban J connectivity index is 0.000000364. The van der Waals surface area contributed by atoms with E-state index < -0.39 is 6.16 Å². The van der Waals surface area contributed by atoms with Crippen molar-refractivity contribution >= 4 is 17.8 Å². The van der Waals surface area contributed by atoms with Crippen LogP contribution in [0.25, 0.3) is 0 Å². The summed E-state index contributed by atoms with van der Waals surface area (Å²) in [6.45, 7) is 0. The summed E-state index contributed by atoms with van der Waals surface area (Å²) < 4.78 is 0. The molecule has 1 rings (SSSR count). The molecule has 1 aromatic rings. The van der Waals surface area contributed by atoms with Crippen molar-refractivity contribution in [2.45, 2.75) is 0 Å². The third-order valence-corrected chi connectivity index (χ3v) is 1.01. The minimum absolute atomic E-state index is 0.0891. The first kappa shape index (κ1) is 11.8. The molecule has 0 heterocycles. The van der Waals surface area contributed by atoms with Gasteiger partial charge < -0.3 is 26.5 Å². The molecule has 0 aliphatic rings. The lowest BCUT2D eigenvalue weighted by atomic mass is 10.3. The van der Waals surface area contributed by atoms with Crippen molar-refractivity contribution in [3.8, 4) is 0 Å². The molecule has 0 radical (unpaired) electrons. The molecule has 0 saturated carbocycles. The second kappa shape index (κ2) is 6.30. The van der Waals surface area contributed by atoms with E-state index in [1.807, 2.05) is 30.3 Å². The van der Waals surface area contributed by atoms with E-state index in [9.17, 15) is 0 Å². The molecule has 0 aromatic heterocycles. The minimum Gasteiger partial charge on any atom is -0.652 e. The van der Waals surface area contributed by atoms with Crippen molar-refractivity contribution in [1.29, 1.82) is 0 Å². The zero-order valence-electron chi connectivity index (χ0n) is 7.21. The van der Waals surface area contributed by atoms with Crippen molar-refractivity contribution in [3.05, 3.63) is 30.3 Å². The number of carbonyl (C=O) groups excluding carboxylic acids is 1. The highest BCUT2D eigenvalue weighted by atomic mass is 16.6. The smallest absolute Gasteiger partial charge is 0.191 e. The Kier molecular flexibility index (Phi) is 5.29.